The van der Waals surface area contributed by atoms with Crippen molar-refractivity contribution in [2.75, 3.05) is 7.05 Å². The summed E-state index contributed by atoms with van der Waals surface area (Å²) >= 11 is 0. The summed E-state index contributed by atoms with van der Waals surface area (Å²) < 4.78 is 4.85. The van der Waals surface area contributed by atoms with E-state index in [1.165, 1.54) is 20.9 Å². The Morgan fingerprint density at radius 3 is 2.17 bits per heavy atom. The van der Waals surface area contributed by atoms with E-state index in [1.54, 1.807) is 0 Å². The molecule has 0 saturated heterocycles. The Hall–Kier alpha value is -1.10. The summed E-state index contributed by atoms with van der Waals surface area (Å²) in [6, 6.07) is 0. The first kappa shape index (κ1) is 10.9. The van der Waals surface area contributed by atoms with E-state index in [2.05, 4.69) is 5.32 Å². The van der Waals surface area contributed by atoms with Crippen LogP contribution in [0.1, 0.15) is 13.8 Å². The molecular formula is C7H13NO4. The Morgan fingerprint density at radius 1 is 1.33 bits per heavy atom. The topological polar surface area (TPSA) is 75.6 Å². The van der Waals surface area contributed by atoms with Gasteiger partial charge in [-0.15, -0.1) is 0 Å². The van der Waals surface area contributed by atoms with E-state index in [1.807, 2.05) is 0 Å². The maximum absolute atomic E-state index is 10.8. The fraction of sp³-hybridized carbons (Fsp3) is 0.714. The van der Waals surface area contributed by atoms with Gasteiger partial charge in [0.15, 0.2) is 6.10 Å². The Labute approximate surface area is 70.7 Å². The summed E-state index contributed by atoms with van der Waals surface area (Å²) in [4.78, 5) is 21.1. The Bertz CT molecular complexity index is 180. The zero-order valence-electron chi connectivity index (χ0n) is 7.33. The molecule has 0 aliphatic heterocycles. The van der Waals surface area contributed by atoms with Gasteiger partial charge in [-0.1, -0.05) is 0 Å². The molecule has 5 nitrogen and oxygen atoms in total. The quantitative estimate of drug-likeness (QED) is 0.610. The van der Waals surface area contributed by atoms with Crippen molar-refractivity contribution in [1.29, 1.82) is 0 Å². The largest absolute Gasteiger partial charge is 0.479 e. The molecule has 0 aromatic heterocycles. The molecule has 0 fully saturated rings. The fourth-order valence-electron chi connectivity index (χ4n) is 0.629. The van der Waals surface area contributed by atoms with Crippen molar-refractivity contribution in [3.63, 3.8) is 0 Å². The third kappa shape index (κ3) is 3.34. The third-order valence-electron chi connectivity index (χ3n) is 1.37. The van der Waals surface area contributed by atoms with Crippen LogP contribution in [-0.2, 0) is 14.3 Å². The molecule has 0 bridgehead atoms. The highest BCUT2D eigenvalue weighted by Crippen LogP contribution is 1.97. The number of carbonyl (C=O) groups excluding carboxylic acids is 1. The lowest BCUT2D eigenvalue weighted by Gasteiger charge is -2.14. The Kier molecular flexibility index (Phi) is 4.28. The molecule has 70 valence electrons. The summed E-state index contributed by atoms with van der Waals surface area (Å²) in [7, 11) is 1.47. The molecule has 5 heteroatoms. The highest BCUT2D eigenvalue weighted by Gasteiger charge is 2.19. The zero-order chi connectivity index (χ0) is 9.72. The van der Waals surface area contributed by atoms with Crippen molar-refractivity contribution in [2.45, 2.75) is 26.1 Å². The van der Waals surface area contributed by atoms with Crippen LogP contribution in [0, 0.1) is 0 Å². The molecule has 1 amide bonds. The average molecular weight is 175 g/mol. The van der Waals surface area contributed by atoms with Crippen LogP contribution in [0.25, 0.3) is 0 Å². The van der Waals surface area contributed by atoms with Crippen molar-refractivity contribution in [3.05, 3.63) is 0 Å². The summed E-state index contributed by atoms with van der Waals surface area (Å²) in [5, 5.41) is 10.8. The average Bonchev–Trinajstić information content (AvgIpc) is 2.02. The third-order valence-corrected chi connectivity index (χ3v) is 1.37. The first-order chi connectivity index (χ1) is 5.49. The van der Waals surface area contributed by atoms with Crippen LogP contribution in [0.4, 0.5) is 0 Å². The monoisotopic (exact) mass is 175 g/mol. The van der Waals surface area contributed by atoms with Crippen LogP contribution >= 0.6 is 0 Å². The maximum atomic E-state index is 10.8. The van der Waals surface area contributed by atoms with Crippen molar-refractivity contribution >= 4 is 11.9 Å². The minimum Gasteiger partial charge on any atom is -0.479 e. The summed E-state index contributed by atoms with van der Waals surface area (Å²) in [6.07, 6.45) is -1.70. The van der Waals surface area contributed by atoms with Crippen LogP contribution in [0.2, 0.25) is 0 Å². The molecule has 0 aliphatic rings. The van der Waals surface area contributed by atoms with Gasteiger partial charge in [0.2, 0.25) is 5.91 Å². The van der Waals surface area contributed by atoms with Crippen molar-refractivity contribution in [2.24, 2.45) is 0 Å². The highest BCUT2D eigenvalue weighted by atomic mass is 16.5. The highest BCUT2D eigenvalue weighted by molar-refractivity contribution is 5.80. The van der Waals surface area contributed by atoms with E-state index in [0.29, 0.717) is 0 Å². The molecule has 2 atom stereocenters. The predicted octanol–water partition coefficient (Wildman–Crippen LogP) is -0.389. The van der Waals surface area contributed by atoms with E-state index in [0.717, 1.165) is 0 Å². The van der Waals surface area contributed by atoms with Crippen LogP contribution in [0.5, 0.6) is 0 Å². The molecule has 2 N–H and O–H groups in total. The fourth-order valence-corrected chi connectivity index (χ4v) is 0.629. The van der Waals surface area contributed by atoms with Crippen molar-refractivity contribution < 1.29 is 19.4 Å². The smallest absolute Gasteiger partial charge is 0.332 e. The second-order valence-electron chi connectivity index (χ2n) is 2.37. The standard InChI is InChI=1S/C7H13NO4/c1-4(6(9)8-3)12-5(2)7(10)11/h4-5H,1-3H3,(H,8,9)(H,10,11)/t4?,5-/m1/s1. The van der Waals surface area contributed by atoms with Gasteiger partial charge in [0.05, 0.1) is 0 Å². The molecule has 0 radical (unpaired) electrons. The number of nitrogens with one attached hydrogen (secondary N) is 1. The Balaban J connectivity index is 3.91. The first-order valence-electron chi connectivity index (χ1n) is 3.59. The number of hydrogen-bond acceptors (Lipinski definition) is 3. The summed E-state index contributed by atoms with van der Waals surface area (Å²) in [5.74, 6) is -1.41. The maximum Gasteiger partial charge on any atom is 0.332 e. The lowest BCUT2D eigenvalue weighted by molar-refractivity contribution is -0.155. The number of carboxylic acids is 1. The van der Waals surface area contributed by atoms with E-state index < -0.39 is 18.2 Å². The zero-order valence-corrected chi connectivity index (χ0v) is 7.33. The minimum absolute atomic E-state index is 0.330. The number of hydrogen-bond donors (Lipinski definition) is 2. The van der Waals surface area contributed by atoms with Crippen LogP contribution in [0.3, 0.4) is 0 Å². The second kappa shape index (κ2) is 4.71. The number of aliphatic carboxylic acids is 1. The molecule has 0 rings (SSSR count). The van der Waals surface area contributed by atoms with Gasteiger partial charge in [0, 0.05) is 7.05 Å². The molecular weight excluding hydrogens is 162 g/mol. The molecule has 0 aliphatic carbocycles. The van der Waals surface area contributed by atoms with Crippen LogP contribution in [-0.4, -0.2) is 36.2 Å². The predicted molar refractivity (Wildman–Crippen MR) is 41.7 cm³/mol. The molecule has 0 aromatic carbocycles. The second-order valence-corrected chi connectivity index (χ2v) is 2.37. The van der Waals surface area contributed by atoms with E-state index in [4.69, 9.17) is 9.84 Å². The first-order valence-corrected chi connectivity index (χ1v) is 3.59. The van der Waals surface area contributed by atoms with Crippen LogP contribution in [0.15, 0.2) is 0 Å². The number of rotatable bonds is 4. The summed E-state index contributed by atoms with van der Waals surface area (Å²) in [6.45, 7) is 2.88. The SMILES string of the molecule is CNC(=O)C(C)O[C@H](C)C(=O)O. The molecule has 0 spiro atoms. The minimum atomic E-state index is -1.08. The lowest BCUT2D eigenvalue weighted by atomic mass is 10.3. The number of amides is 1. The molecule has 0 saturated carbocycles. The van der Waals surface area contributed by atoms with Gasteiger partial charge in [-0.2, -0.15) is 0 Å². The van der Waals surface area contributed by atoms with Crippen LogP contribution < -0.4 is 5.32 Å². The van der Waals surface area contributed by atoms with Gasteiger partial charge < -0.3 is 15.2 Å². The lowest BCUT2D eigenvalue weighted by Crippen LogP contribution is -2.36. The van der Waals surface area contributed by atoms with Gasteiger partial charge >= 0.3 is 5.97 Å². The van der Waals surface area contributed by atoms with Gasteiger partial charge in [-0.05, 0) is 13.8 Å². The van der Waals surface area contributed by atoms with E-state index in [9.17, 15) is 9.59 Å². The normalized spacial score (nSPS) is 14.9. The van der Waals surface area contributed by atoms with E-state index >= 15 is 0 Å². The van der Waals surface area contributed by atoms with Crippen molar-refractivity contribution in [1.82, 2.24) is 5.32 Å². The number of carboxylic acid groups (broad SMARTS) is 1. The number of ether oxygens (including phenoxy) is 1. The molecule has 12 heavy (non-hydrogen) atoms. The molecule has 0 aromatic rings. The molecule has 1 unspecified atom stereocenters. The summed E-state index contributed by atoms with van der Waals surface area (Å²) in [5.41, 5.74) is 0. The van der Waals surface area contributed by atoms with Gasteiger partial charge in [0.25, 0.3) is 0 Å². The van der Waals surface area contributed by atoms with Gasteiger partial charge in [-0.25, -0.2) is 4.79 Å². The number of carbonyl (C=O) groups is 2. The Morgan fingerprint density at radius 2 is 1.83 bits per heavy atom. The molecule has 0 heterocycles. The van der Waals surface area contributed by atoms with Gasteiger partial charge in [0.1, 0.15) is 6.10 Å². The van der Waals surface area contributed by atoms with E-state index in [-0.39, 0.29) is 5.91 Å². The van der Waals surface area contributed by atoms with Crippen molar-refractivity contribution in [3.8, 4) is 0 Å². The van der Waals surface area contributed by atoms with Gasteiger partial charge in [-0.3, -0.25) is 4.79 Å². The number of likely N-dealkylation sites (N-methyl/N-ethyl adjacent to an activating group) is 1.